The van der Waals surface area contributed by atoms with Gasteiger partial charge in [-0.3, -0.25) is 14.7 Å². The molecule has 1 saturated heterocycles. The van der Waals surface area contributed by atoms with Gasteiger partial charge in [-0.05, 0) is 56.5 Å². The number of H-pyrrole nitrogens is 1. The van der Waals surface area contributed by atoms with E-state index >= 15 is 0 Å². The van der Waals surface area contributed by atoms with Gasteiger partial charge in [-0.1, -0.05) is 36.4 Å². The fourth-order valence-corrected chi connectivity index (χ4v) is 4.33. The molecule has 0 unspecified atom stereocenters. The highest BCUT2D eigenvalue weighted by atomic mass is 16.2. The predicted molar refractivity (Wildman–Crippen MR) is 128 cm³/mol. The lowest BCUT2D eigenvalue weighted by Gasteiger charge is -2.33. The van der Waals surface area contributed by atoms with E-state index in [-0.39, 0.29) is 17.7 Å². The molecule has 2 aromatic carbocycles. The largest absolute Gasteiger partial charge is 0.343 e. The molecule has 0 aliphatic carbocycles. The highest BCUT2D eigenvalue weighted by molar-refractivity contribution is 5.95. The third-order valence-corrected chi connectivity index (χ3v) is 6.30. The van der Waals surface area contributed by atoms with Gasteiger partial charge in [0.1, 0.15) is 0 Å². The Kier molecular flexibility index (Phi) is 6.69. The fraction of sp³-hybridized carbons (Fsp3) is 0.346. The Labute approximate surface area is 188 Å². The zero-order valence-corrected chi connectivity index (χ0v) is 18.8. The molecule has 0 saturated carbocycles. The number of para-hydroxylation sites is 1. The zero-order chi connectivity index (χ0) is 22.5. The number of hydrogen-bond donors (Lipinski definition) is 1. The highest BCUT2D eigenvalue weighted by Crippen LogP contribution is 2.22. The molecule has 3 aromatic rings. The zero-order valence-electron chi connectivity index (χ0n) is 18.8. The quantitative estimate of drug-likeness (QED) is 0.628. The lowest BCUT2D eigenvalue weighted by Crippen LogP contribution is -2.44. The maximum absolute atomic E-state index is 12.9. The monoisotopic (exact) mass is 430 g/mol. The van der Waals surface area contributed by atoms with Gasteiger partial charge >= 0.3 is 0 Å². The Bertz CT molecular complexity index is 1100. The van der Waals surface area contributed by atoms with Crippen molar-refractivity contribution in [3.8, 4) is 0 Å². The summed E-state index contributed by atoms with van der Waals surface area (Å²) in [6.07, 6.45) is 5.45. The molecule has 1 fully saturated rings. The van der Waals surface area contributed by atoms with E-state index in [9.17, 15) is 9.59 Å². The summed E-state index contributed by atoms with van der Waals surface area (Å²) in [4.78, 5) is 29.3. The van der Waals surface area contributed by atoms with Gasteiger partial charge in [-0.2, -0.15) is 5.10 Å². The van der Waals surface area contributed by atoms with Crippen molar-refractivity contribution >= 4 is 34.9 Å². The van der Waals surface area contributed by atoms with Crippen molar-refractivity contribution in [1.82, 2.24) is 20.0 Å². The number of amides is 2. The molecule has 0 spiro atoms. The number of fused-ring (bicyclic) bond motifs is 1. The summed E-state index contributed by atoms with van der Waals surface area (Å²) in [5.41, 5.74) is 3.59. The number of carbonyl (C=O) groups excluding carboxylic acids is 2. The van der Waals surface area contributed by atoms with Crippen LogP contribution in [0.5, 0.6) is 0 Å². The first-order valence-electron chi connectivity index (χ1n) is 11.4. The molecule has 6 nitrogen and oxygen atoms in total. The summed E-state index contributed by atoms with van der Waals surface area (Å²) in [5, 5.41) is 8.47. The molecular weight excluding hydrogens is 400 g/mol. The summed E-state index contributed by atoms with van der Waals surface area (Å²) >= 11 is 0. The van der Waals surface area contributed by atoms with E-state index in [1.54, 1.807) is 0 Å². The number of piperidine rings is 1. The SMILES string of the molecule is CCN(CC)C(=O)C1CCN(C(=O)c2ccc(/C=C/c3n[nH]c4ccccc34)cc2)CC1. The second-order valence-corrected chi connectivity index (χ2v) is 8.19. The Hall–Kier alpha value is -3.41. The Morgan fingerprint density at radius 3 is 2.41 bits per heavy atom. The molecule has 2 amide bonds. The smallest absolute Gasteiger partial charge is 0.253 e. The van der Waals surface area contributed by atoms with Gasteiger partial charge in [0.2, 0.25) is 5.91 Å². The molecule has 1 aliphatic heterocycles. The summed E-state index contributed by atoms with van der Waals surface area (Å²) in [7, 11) is 0. The summed E-state index contributed by atoms with van der Waals surface area (Å²) in [6, 6.07) is 15.7. The van der Waals surface area contributed by atoms with Crippen LogP contribution < -0.4 is 0 Å². The van der Waals surface area contributed by atoms with E-state index in [1.807, 2.05) is 84.3 Å². The van der Waals surface area contributed by atoms with E-state index in [4.69, 9.17) is 0 Å². The minimum Gasteiger partial charge on any atom is -0.343 e. The molecule has 0 bridgehead atoms. The fourth-order valence-electron chi connectivity index (χ4n) is 4.33. The number of aromatic nitrogens is 2. The van der Waals surface area contributed by atoms with Crippen molar-refractivity contribution in [2.24, 2.45) is 5.92 Å². The van der Waals surface area contributed by atoms with Crippen LogP contribution >= 0.6 is 0 Å². The van der Waals surface area contributed by atoms with Crippen LogP contribution in [0.3, 0.4) is 0 Å². The molecule has 0 atom stereocenters. The van der Waals surface area contributed by atoms with Crippen molar-refractivity contribution in [3.05, 3.63) is 65.4 Å². The van der Waals surface area contributed by atoms with Crippen LogP contribution in [0, 0.1) is 5.92 Å². The first-order chi connectivity index (χ1) is 15.6. The molecular formula is C26H30N4O2. The van der Waals surface area contributed by atoms with Crippen molar-refractivity contribution in [2.75, 3.05) is 26.2 Å². The number of hydrogen-bond acceptors (Lipinski definition) is 3. The standard InChI is InChI=1S/C26H30N4O2/c1-3-29(4-2)25(31)21-15-17-30(18-16-21)26(32)20-12-9-19(10-13-20)11-14-24-22-7-5-6-8-23(22)27-28-24/h5-14,21H,3-4,15-18H2,1-2H3,(H,27,28)/b14-11+. The van der Waals surface area contributed by atoms with Crippen LogP contribution in [0.2, 0.25) is 0 Å². The lowest BCUT2D eigenvalue weighted by atomic mass is 9.94. The van der Waals surface area contributed by atoms with Crippen molar-refractivity contribution < 1.29 is 9.59 Å². The third kappa shape index (κ3) is 4.59. The average Bonchev–Trinajstić information content (AvgIpc) is 3.26. The number of aromatic amines is 1. The predicted octanol–water partition coefficient (Wildman–Crippen LogP) is 4.45. The molecule has 4 rings (SSSR count). The maximum atomic E-state index is 12.9. The summed E-state index contributed by atoms with van der Waals surface area (Å²) in [5.74, 6) is 0.292. The number of nitrogens with one attached hydrogen (secondary N) is 1. The highest BCUT2D eigenvalue weighted by Gasteiger charge is 2.29. The molecule has 166 valence electrons. The Balaban J connectivity index is 1.36. The summed E-state index contributed by atoms with van der Waals surface area (Å²) < 4.78 is 0. The molecule has 0 radical (unpaired) electrons. The van der Waals surface area contributed by atoms with Crippen LogP contribution in [-0.2, 0) is 4.79 Å². The second-order valence-electron chi connectivity index (χ2n) is 8.19. The average molecular weight is 431 g/mol. The first kappa shape index (κ1) is 21.8. The van der Waals surface area contributed by atoms with E-state index in [1.165, 1.54) is 0 Å². The van der Waals surface area contributed by atoms with Crippen LogP contribution in [-0.4, -0.2) is 58.0 Å². The van der Waals surface area contributed by atoms with Crippen LogP contribution in [0.4, 0.5) is 0 Å². The van der Waals surface area contributed by atoms with Gasteiger partial charge in [0, 0.05) is 43.0 Å². The molecule has 2 heterocycles. The van der Waals surface area contributed by atoms with E-state index in [2.05, 4.69) is 10.2 Å². The van der Waals surface area contributed by atoms with Gasteiger partial charge in [0.15, 0.2) is 0 Å². The minimum atomic E-state index is 0.0320. The van der Waals surface area contributed by atoms with E-state index in [0.29, 0.717) is 18.7 Å². The number of carbonyl (C=O) groups is 2. The summed E-state index contributed by atoms with van der Waals surface area (Å²) in [6.45, 7) is 6.76. The third-order valence-electron chi connectivity index (χ3n) is 6.30. The topological polar surface area (TPSA) is 69.3 Å². The van der Waals surface area contributed by atoms with Crippen LogP contribution in [0.25, 0.3) is 23.1 Å². The van der Waals surface area contributed by atoms with Gasteiger partial charge in [-0.15, -0.1) is 0 Å². The first-order valence-corrected chi connectivity index (χ1v) is 11.4. The second kappa shape index (κ2) is 9.81. The molecule has 1 aromatic heterocycles. The van der Waals surface area contributed by atoms with Crippen molar-refractivity contribution in [3.63, 3.8) is 0 Å². The van der Waals surface area contributed by atoms with Crippen molar-refractivity contribution in [1.29, 1.82) is 0 Å². The molecule has 1 aliphatic rings. The van der Waals surface area contributed by atoms with Gasteiger partial charge < -0.3 is 9.80 Å². The number of nitrogens with zero attached hydrogens (tertiary/aromatic N) is 3. The Morgan fingerprint density at radius 1 is 1.03 bits per heavy atom. The van der Waals surface area contributed by atoms with Gasteiger partial charge in [0.05, 0.1) is 11.2 Å². The lowest BCUT2D eigenvalue weighted by molar-refractivity contribution is -0.136. The van der Waals surface area contributed by atoms with Crippen molar-refractivity contribution in [2.45, 2.75) is 26.7 Å². The van der Waals surface area contributed by atoms with E-state index in [0.717, 1.165) is 48.1 Å². The minimum absolute atomic E-state index is 0.0320. The van der Waals surface area contributed by atoms with Crippen LogP contribution in [0.1, 0.15) is 48.3 Å². The normalized spacial score (nSPS) is 14.9. The van der Waals surface area contributed by atoms with Crippen LogP contribution in [0.15, 0.2) is 48.5 Å². The number of benzene rings is 2. The number of likely N-dealkylation sites (tertiary alicyclic amines) is 1. The Morgan fingerprint density at radius 2 is 1.72 bits per heavy atom. The molecule has 6 heteroatoms. The molecule has 1 N–H and O–H groups in total. The molecule has 32 heavy (non-hydrogen) atoms. The van der Waals surface area contributed by atoms with E-state index < -0.39 is 0 Å². The maximum Gasteiger partial charge on any atom is 0.253 e. The van der Waals surface area contributed by atoms with Gasteiger partial charge in [0.25, 0.3) is 5.91 Å². The number of rotatable bonds is 6. The van der Waals surface area contributed by atoms with Gasteiger partial charge in [-0.25, -0.2) is 0 Å².